The van der Waals surface area contributed by atoms with Crippen molar-refractivity contribution in [3.8, 4) is 11.5 Å². The standard InChI is InChI=1S/C14H10N2O4/c1-19-14(18)11-12(15)8(17)6-10-13(11)16-7-4-2-3-5-9(7)20-10/h2-6H,15H2,1H3. The number of nitrogens with zero attached hydrogens (tertiary/aromatic N) is 1. The number of hydrogen-bond donors (Lipinski definition) is 1. The molecule has 100 valence electrons. The molecule has 0 atom stereocenters. The lowest BCUT2D eigenvalue weighted by Gasteiger charge is -2.11. The monoisotopic (exact) mass is 270 g/mol. The van der Waals surface area contributed by atoms with Crippen LogP contribution in [0.4, 0.5) is 5.69 Å². The highest BCUT2D eigenvalue weighted by molar-refractivity contribution is 6.01. The molecule has 2 N–H and O–H groups in total. The van der Waals surface area contributed by atoms with Crippen LogP contribution in [0.15, 0.2) is 39.5 Å². The van der Waals surface area contributed by atoms with Gasteiger partial charge in [-0.05, 0) is 12.1 Å². The van der Waals surface area contributed by atoms with Crippen molar-refractivity contribution in [2.45, 2.75) is 0 Å². The summed E-state index contributed by atoms with van der Waals surface area (Å²) in [5.74, 6) is -0.522. The quantitative estimate of drug-likeness (QED) is 0.410. The molecule has 0 aromatic heterocycles. The first-order chi connectivity index (χ1) is 9.61. The number of rotatable bonds is 1. The van der Waals surface area contributed by atoms with Gasteiger partial charge in [0.15, 0.2) is 11.3 Å². The summed E-state index contributed by atoms with van der Waals surface area (Å²) in [6, 6.07) is 8.26. The number of carbonyl (C=O) groups is 1. The molecule has 0 unspecified atom stereocenters. The van der Waals surface area contributed by atoms with Crippen LogP contribution >= 0.6 is 0 Å². The van der Waals surface area contributed by atoms with Crippen molar-refractivity contribution in [2.75, 3.05) is 12.8 Å². The predicted octanol–water partition coefficient (Wildman–Crippen LogP) is 1.66. The number of benzene rings is 2. The zero-order chi connectivity index (χ0) is 14.3. The topological polar surface area (TPSA) is 95.4 Å². The Kier molecular flexibility index (Phi) is 2.64. The average Bonchev–Trinajstić information content (AvgIpc) is 2.46. The Balaban J connectivity index is 2.48. The molecule has 6 nitrogen and oxygen atoms in total. The number of para-hydroxylation sites is 2. The molecule has 3 rings (SSSR count). The lowest BCUT2D eigenvalue weighted by atomic mass is 10.1. The van der Waals surface area contributed by atoms with E-state index in [1.807, 2.05) is 0 Å². The Morgan fingerprint density at radius 1 is 1.35 bits per heavy atom. The number of nitrogens with two attached hydrogens (primary N) is 1. The van der Waals surface area contributed by atoms with Crippen LogP contribution in [0, 0.1) is 0 Å². The minimum absolute atomic E-state index is 0.0653. The summed E-state index contributed by atoms with van der Waals surface area (Å²) in [4.78, 5) is 27.9. The maximum Gasteiger partial charge on any atom is 0.342 e. The Morgan fingerprint density at radius 3 is 2.85 bits per heavy atom. The molecule has 1 aromatic carbocycles. The first-order valence-electron chi connectivity index (χ1n) is 5.82. The summed E-state index contributed by atoms with van der Waals surface area (Å²) in [5.41, 5.74) is 6.20. The van der Waals surface area contributed by atoms with Crippen LogP contribution in [-0.2, 0) is 4.74 Å². The van der Waals surface area contributed by atoms with Crippen LogP contribution in [0.1, 0.15) is 10.4 Å². The van der Waals surface area contributed by atoms with E-state index in [1.165, 1.54) is 13.2 Å². The smallest absolute Gasteiger partial charge is 0.342 e. The fourth-order valence-electron chi connectivity index (χ4n) is 2.01. The van der Waals surface area contributed by atoms with Gasteiger partial charge >= 0.3 is 5.97 Å². The van der Waals surface area contributed by atoms with Crippen molar-refractivity contribution >= 4 is 22.8 Å². The number of anilines is 1. The molecule has 1 aliphatic heterocycles. The maximum atomic E-state index is 11.8. The SMILES string of the molecule is COC(=O)c1c2nc3ccccc3oc-2cc(=O)c1N. The van der Waals surface area contributed by atoms with E-state index in [9.17, 15) is 9.59 Å². The number of nitrogen functional groups attached to an aromatic ring is 1. The first kappa shape index (κ1) is 12.2. The van der Waals surface area contributed by atoms with Gasteiger partial charge in [-0.3, -0.25) is 4.79 Å². The third-order valence-corrected chi connectivity index (χ3v) is 2.97. The molecule has 1 aromatic rings. The summed E-state index contributed by atoms with van der Waals surface area (Å²) in [6.07, 6.45) is 0. The van der Waals surface area contributed by atoms with E-state index in [2.05, 4.69) is 9.72 Å². The second kappa shape index (κ2) is 4.34. The third kappa shape index (κ3) is 1.70. The van der Waals surface area contributed by atoms with Crippen LogP contribution in [0.3, 0.4) is 0 Å². The number of fused-ring (bicyclic) bond motifs is 2. The summed E-state index contributed by atoms with van der Waals surface area (Å²) in [5, 5.41) is 0. The maximum absolute atomic E-state index is 11.8. The summed E-state index contributed by atoms with van der Waals surface area (Å²) in [7, 11) is 1.21. The third-order valence-electron chi connectivity index (χ3n) is 2.97. The van der Waals surface area contributed by atoms with Gasteiger partial charge in [-0.2, -0.15) is 0 Å². The molecule has 0 spiro atoms. The van der Waals surface area contributed by atoms with E-state index >= 15 is 0 Å². The lowest BCUT2D eigenvalue weighted by Crippen LogP contribution is -2.18. The van der Waals surface area contributed by atoms with E-state index in [0.717, 1.165) is 0 Å². The van der Waals surface area contributed by atoms with Crippen LogP contribution in [0.2, 0.25) is 0 Å². The number of esters is 1. The molecule has 0 saturated heterocycles. The summed E-state index contributed by atoms with van der Waals surface area (Å²) in [6.45, 7) is 0. The van der Waals surface area contributed by atoms with Gasteiger partial charge in [-0.15, -0.1) is 0 Å². The van der Waals surface area contributed by atoms with Gasteiger partial charge in [0.05, 0.1) is 12.8 Å². The molecule has 20 heavy (non-hydrogen) atoms. The zero-order valence-electron chi connectivity index (χ0n) is 10.5. The molecular formula is C14H10N2O4. The average molecular weight is 270 g/mol. The highest BCUT2D eigenvalue weighted by Gasteiger charge is 2.24. The van der Waals surface area contributed by atoms with Crippen LogP contribution in [-0.4, -0.2) is 18.1 Å². The summed E-state index contributed by atoms with van der Waals surface area (Å²) >= 11 is 0. The van der Waals surface area contributed by atoms with Crippen molar-refractivity contribution in [1.29, 1.82) is 0 Å². The van der Waals surface area contributed by atoms with Gasteiger partial charge in [0.25, 0.3) is 0 Å². The lowest BCUT2D eigenvalue weighted by molar-refractivity contribution is 0.0602. The Morgan fingerprint density at radius 2 is 2.10 bits per heavy atom. The number of aromatic nitrogens is 1. The van der Waals surface area contributed by atoms with Crippen molar-refractivity contribution in [1.82, 2.24) is 4.98 Å². The molecule has 0 bridgehead atoms. The predicted molar refractivity (Wildman–Crippen MR) is 72.7 cm³/mol. The van der Waals surface area contributed by atoms with Crippen LogP contribution in [0.25, 0.3) is 22.6 Å². The number of hydrogen-bond acceptors (Lipinski definition) is 6. The molecule has 1 heterocycles. The molecule has 0 radical (unpaired) electrons. The van der Waals surface area contributed by atoms with Crippen molar-refractivity contribution in [2.24, 2.45) is 0 Å². The second-order valence-corrected chi connectivity index (χ2v) is 4.18. The van der Waals surface area contributed by atoms with Gasteiger partial charge in [0, 0.05) is 6.07 Å². The highest BCUT2D eigenvalue weighted by Crippen LogP contribution is 2.29. The molecule has 0 saturated carbocycles. The van der Waals surface area contributed by atoms with Crippen LogP contribution < -0.4 is 11.2 Å². The second-order valence-electron chi connectivity index (χ2n) is 4.18. The van der Waals surface area contributed by atoms with Gasteiger partial charge in [-0.25, -0.2) is 9.78 Å². The molecule has 6 heteroatoms. The van der Waals surface area contributed by atoms with Crippen molar-refractivity contribution in [3.63, 3.8) is 0 Å². The summed E-state index contributed by atoms with van der Waals surface area (Å²) < 4.78 is 10.2. The van der Waals surface area contributed by atoms with Gasteiger partial charge in [-0.1, -0.05) is 12.1 Å². The van der Waals surface area contributed by atoms with E-state index < -0.39 is 11.4 Å². The largest absolute Gasteiger partial charge is 0.465 e. The van der Waals surface area contributed by atoms with E-state index in [1.54, 1.807) is 24.3 Å². The minimum Gasteiger partial charge on any atom is -0.465 e. The number of carbonyl (C=O) groups excluding carboxylic acids is 1. The normalized spacial score (nSPS) is 10.8. The van der Waals surface area contributed by atoms with E-state index in [4.69, 9.17) is 10.2 Å². The Labute approximate surface area is 113 Å². The van der Waals surface area contributed by atoms with Crippen LogP contribution in [0.5, 0.6) is 0 Å². The number of ether oxygens (including phenoxy) is 1. The fraction of sp³-hybridized carbons (Fsp3) is 0.0714. The minimum atomic E-state index is -0.719. The molecule has 0 fully saturated rings. The molecule has 0 amide bonds. The van der Waals surface area contributed by atoms with E-state index in [-0.39, 0.29) is 22.7 Å². The van der Waals surface area contributed by atoms with Crippen molar-refractivity contribution in [3.05, 3.63) is 46.1 Å². The Hall–Kier alpha value is -2.89. The Bertz CT molecular complexity index is 854. The van der Waals surface area contributed by atoms with Gasteiger partial charge < -0.3 is 14.9 Å². The molecule has 1 aliphatic carbocycles. The van der Waals surface area contributed by atoms with E-state index in [0.29, 0.717) is 11.1 Å². The molecular weight excluding hydrogens is 260 g/mol. The van der Waals surface area contributed by atoms with Gasteiger partial charge in [0.1, 0.15) is 16.8 Å². The van der Waals surface area contributed by atoms with Crippen molar-refractivity contribution < 1.29 is 13.9 Å². The fourth-order valence-corrected chi connectivity index (χ4v) is 2.01. The van der Waals surface area contributed by atoms with Gasteiger partial charge in [0.2, 0.25) is 5.43 Å². The highest BCUT2D eigenvalue weighted by atomic mass is 16.5. The first-order valence-corrected chi connectivity index (χ1v) is 5.82. The molecule has 2 aliphatic rings. The zero-order valence-corrected chi connectivity index (χ0v) is 10.5. The number of methoxy groups -OCH3 is 1.